The van der Waals surface area contributed by atoms with Crippen molar-refractivity contribution in [2.75, 3.05) is 26.2 Å². The van der Waals surface area contributed by atoms with Crippen molar-refractivity contribution in [1.29, 1.82) is 0 Å². The molecule has 0 aliphatic carbocycles. The number of carbonyl (C=O) groups excluding carboxylic acids is 2. The number of rotatable bonds is 1. The standard InChI is InChI=1S/C23H27N3O3/c27-21-15-20(17-7-2-1-3-8-17)24-13-11-23(29)16-26(14-6-12-25-21)22(28)18-9-4-5-10-19(18)23/h1-5,7-10,20,24,29H,6,11-16H2,(H,25,27)/t20-,23+/m1/s1. The van der Waals surface area contributed by atoms with E-state index in [4.69, 9.17) is 0 Å². The van der Waals surface area contributed by atoms with Crippen LogP contribution in [0.2, 0.25) is 0 Å². The van der Waals surface area contributed by atoms with Crippen molar-refractivity contribution in [3.05, 3.63) is 71.3 Å². The SMILES string of the molecule is O=C1C[C@H](c2ccccc2)NCC[C@]2(O)CN(CCCN1)C(=O)c1ccccc12. The Balaban J connectivity index is 1.62. The molecule has 152 valence electrons. The maximum absolute atomic E-state index is 12.9. The van der Waals surface area contributed by atoms with Gasteiger partial charge in [0.05, 0.1) is 6.54 Å². The van der Waals surface area contributed by atoms with Crippen LogP contribution in [0.5, 0.6) is 0 Å². The highest BCUT2D eigenvalue weighted by Gasteiger charge is 2.41. The number of fused-ring (bicyclic) bond motifs is 4. The first-order valence-electron chi connectivity index (χ1n) is 10.2. The van der Waals surface area contributed by atoms with Gasteiger partial charge in [-0.2, -0.15) is 0 Å². The topological polar surface area (TPSA) is 81.7 Å². The molecule has 2 bridgehead atoms. The summed E-state index contributed by atoms with van der Waals surface area (Å²) in [4.78, 5) is 27.0. The van der Waals surface area contributed by atoms with Crippen LogP contribution in [0, 0.1) is 0 Å². The van der Waals surface area contributed by atoms with Crippen LogP contribution in [-0.2, 0) is 10.4 Å². The van der Waals surface area contributed by atoms with E-state index in [2.05, 4.69) is 10.6 Å². The molecule has 0 saturated carbocycles. The molecule has 6 heteroatoms. The van der Waals surface area contributed by atoms with Gasteiger partial charge in [-0.15, -0.1) is 0 Å². The highest BCUT2D eigenvalue weighted by Crippen LogP contribution is 2.34. The fraction of sp³-hybridized carbons (Fsp3) is 0.391. The van der Waals surface area contributed by atoms with Crippen molar-refractivity contribution in [1.82, 2.24) is 15.5 Å². The highest BCUT2D eigenvalue weighted by molar-refractivity contribution is 5.97. The Morgan fingerprint density at radius 2 is 1.76 bits per heavy atom. The third-order valence-corrected chi connectivity index (χ3v) is 5.85. The van der Waals surface area contributed by atoms with Gasteiger partial charge < -0.3 is 20.6 Å². The summed E-state index contributed by atoms with van der Waals surface area (Å²) in [6.07, 6.45) is 1.44. The van der Waals surface area contributed by atoms with Gasteiger partial charge in [-0.25, -0.2) is 0 Å². The molecule has 2 aromatic carbocycles. The molecule has 2 aliphatic rings. The molecule has 2 aliphatic heterocycles. The van der Waals surface area contributed by atoms with Gasteiger partial charge in [0.1, 0.15) is 5.60 Å². The molecule has 3 N–H and O–H groups in total. The minimum absolute atomic E-state index is 0.0168. The molecule has 2 atom stereocenters. The number of nitrogens with zero attached hydrogens (tertiary/aromatic N) is 1. The monoisotopic (exact) mass is 393 g/mol. The maximum atomic E-state index is 12.9. The van der Waals surface area contributed by atoms with Crippen LogP contribution < -0.4 is 10.6 Å². The number of carbonyl (C=O) groups is 2. The average molecular weight is 393 g/mol. The summed E-state index contributed by atoms with van der Waals surface area (Å²) in [6.45, 7) is 1.81. The van der Waals surface area contributed by atoms with E-state index in [0.29, 0.717) is 50.0 Å². The van der Waals surface area contributed by atoms with Crippen LogP contribution in [0.3, 0.4) is 0 Å². The Kier molecular flexibility index (Phi) is 5.65. The lowest BCUT2D eigenvalue weighted by atomic mass is 9.82. The van der Waals surface area contributed by atoms with E-state index in [1.165, 1.54) is 0 Å². The molecule has 2 aromatic rings. The smallest absolute Gasteiger partial charge is 0.254 e. The molecular weight excluding hydrogens is 366 g/mol. The minimum atomic E-state index is -1.11. The van der Waals surface area contributed by atoms with Crippen molar-refractivity contribution in [2.24, 2.45) is 0 Å². The van der Waals surface area contributed by atoms with Crippen molar-refractivity contribution in [2.45, 2.75) is 30.9 Å². The molecule has 0 unspecified atom stereocenters. The van der Waals surface area contributed by atoms with Gasteiger partial charge in [-0.3, -0.25) is 9.59 Å². The number of benzene rings is 2. The lowest BCUT2D eigenvalue weighted by Crippen LogP contribution is -2.51. The molecule has 0 spiro atoms. The Hall–Kier alpha value is -2.70. The van der Waals surface area contributed by atoms with Crippen molar-refractivity contribution < 1.29 is 14.7 Å². The van der Waals surface area contributed by atoms with Crippen LogP contribution in [-0.4, -0.2) is 48.0 Å². The number of aliphatic hydroxyl groups is 1. The summed E-state index contributed by atoms with van der Waals surface area (Å²) in [5.74, 6) is -0.0708. The number of hydrogen-bond donors (Lipinski definition) is 3. The lowest BCUT2D eigenvalue weighted by Gasteiger charge is -2.40. The van der Waals surface area contributed by atoms with E-state index >= 15 is 0 Å². The van der Waals surface area contributed by atoms with Crippen LogP contribution in [0.4, 0.5) is 0 Å². The van der Waals surface area contributed by atoms with Gasteiger partial charge in [-0.05, 0) is 36.6 Å². The minimum Gasteiger partial charge on any atom is -0.383 e. The number of hydrogen-bond acceptors (Lipinski definition) is 4. The average Bonchev–Trinajstić information content (AvgIpc) is 2.75. The molecule has 4 rings (SSSR count). The second kappa shape index (κ2) is 8.35. The predicted molar refractivity (Wildman–Crippen MR) is 110 cm³/mol. The van der Waals surface area contributed by atoms with E-state index in [0.717, 1.165) is 5.56 Å². The number of nitrogens with one attached hydrogen (secondary N) is 2. The van der Waals surface area contributed by atoms with Crippen LogP contribution in [0.25, 0.3) is 0 Å². The van der Waals surface area contributed by atoms with Crippen molar-refractivity contribution in [3.63, 3.8) is 0 Å². The Morgan fingerprint density at radius 1 is 1.00 bits per heavy atom. The van der Waals surface area contributed by atoms with Gasteiger partial charge in [0.25, 0.3) is 5.91 Å². The predicted octanol–water partition coefficient (Wildman–Crippen LogP) is 1.96. The first kappa shape index (κ1) is 19.6. The lowest BCUT2D eigenvalue weighted by molar-refractivity contribution is -0.121. The molecule has 2 amide bonds. The number of amides is 2. The van der Waals surface area contributed by atoms with Gasteiger partial charge in [0.15, 0.2) is 0 Å². The zero-order valence-corrected chi connectivity index (χ0v) is 16.4. The summed E-state index contributed by atoms with van der Waals surface area (Å²) in [7, 11) is 0. The zero-order chi connectivity index (χ0) is 20.3. The quantitative estimate of drug-likeness (QED) is 0.692. The van der Waals surface area contributed by atoms with Gasteiger partial charge >= 0.3 is 0 Å². The summed E-state index contributed by atoms with van der Waals surface area (Å²) in [5, 5.41) is 17.9. The first-order valence-corrected chi connectivity index (χ1v) is 10.2. The Bertz CT molecular complexity index is 886. The summed E-state index contributed by atoms with van der Waals surface area (Å²) in [5.41, 5.74) is 1.21. The molecule has 1 fully saturated rings. The third-order valence-electron chi connectivity index (χ3n) is 5.85. The van der Waals surface area contributed by atoms with Gasteiger partial charge in [0, 0.05) is 31.1 Å². The molecule has 1 saturated heterocycles. The van der Waals surface area contributed by atoms with E-state index in [-0.39, 0.29) is 24.4 Å². The zero-order valence-electron chi connectivity index (χ0n) is 16.4. The highest BCUT2D eigenvalue weighted by atomic mass is 16.3. The first-order chi connectivity index (χ1) is 14.1. The second-order valence-electron chi connectivity index (χ2n) is 7.88. The fourth-order valence-corrected chi connectivity index (χ4v) is 4.31. The summed E-state index contributed by atoms with van der Waals surface area (Å²) < 4.78 is 0. The molecule has 0 aromatic heterocycles. The summed E-state index contributed by atoms with van der Waals surface area (Å²) >= 11 is 0. The van der Waals surface area contributed by atoms with E-state index in [1.807, 2.05) is 48.5 Å². The molecular formula is C23H27N3O3. The van der Waals surface area contributed by atoms with Crippen LogP contribution in [0.15, 0.2) is 54.6 Å². The van der Waals surface area contributed by atoms with E-state index in [1.54, 1.807) is 11.0 Å². The molecule has 29 heavy (non-hydrogen) atoms. The van der Waals surface area contributed by atoms with Crippen LogP contribution in [0.1, 0.15) is 46.8 Å². The molecule has 0 radical (unpaired) electrons. The maximum Gasteiger partial charge on any atom is 0.254 e. The largest absolute Gasteiger partial charge is 0.383 e. The van der Waals surface area contributed by atoms with Crippen molar-refractivity contribution >= 4 is 11.8 Å². The van der Waals surface area contributed by atoms with Gasteiger partial charge in [0.2, 0.25) is 5.91 Å². The Morgan fingerprint density at radius 3 is 2.59 bits per heavy atom. The van der Waals surface area contributed by atoms with E-state index < -0.39 is 5.60 Å². The normalized spacial score (nSPS) is 25.8. The van der Waals surface area contributed by atoms with Crippen LogP contribution >= 0.6 is 0 Å². The fourth-order valence-electron chi connectivity index (χ4n) is 4.31. The summed E-state index contributed by atoms with van der Waals surface area (Å²) in [6, 6.07) is 17.1. The van der Waals surface area contributed by atoms with Gasteiger partial charge in [-0.1, -0.05) is 48.5 Å². The third kappa shape index (κ3) is 4.18. The molecule has 6 nitrogen and oxygen atoms in total. The second-order valence-corrected chi connectivity index (χ2v) is 7.88. The van der Waals surface area contributed by atoms with E-state index in [9.17, 15) is 14.7 Å². The van der Waals surface area contributed by atoms with Crippen molar-refractivity contribution in [3.8, 4) is 0 Å². The Labute approximate surface area is 170 Å². The molecule has 2 heterocycles.